The van der Waals surface area contributed by atoms with Crippen molar-refractivity contribution in [2.45, 2.75) is 6.42 Å². The predicted octanol–water partition coefficient (Wildman–Crippen LogP) is 0.951. The van der Waals surface area contributed by atoms with Gasteiger partial charge in [-0.05, 0) is 12.1 Å². The van der Waals surface area contributed by atoms with Crippen molar-refractivity contribution >= 4 is 17.6 Å². The highest BCUT2D eigenvalue weighted by Crippen LogP contribution is 2.21. The summed E-state index contributed by atoms with van der Waals surface area (Å²) in [5, 5.41) is 0. The van der Waals surface area contributed by atoms with E-state index in [0.29, 0.717) is 43.5 Å². The number of aromatic amines is 1. The second-order valence-corrected chi connectivity index (χ2v) is 5.74. The maximum absolute atomic E-state index is 13.9. The van der Waals surface area contributed by atoms with Crippen LogP contribution in [0.3, 0.4) is 0 Å². The average molecular weight is 346 g/mol. The van der Waals surface area contributed by atoms with Crippen LogP contribution in [-0.2, 0) is 16.0 Å². The Labute approximate surface area is 144 Å². The van der Waals surface area contributed by atoms with Crippen LogP contribution >= 0.6 is 0 Å². The number of benzene rings is 1. The smallest absolute Gasteiger partial charge is 0.311 e. The van der Waals surface area contributed by atoms with Crippen molar-refractivity contribution in [3.8, 4) is 0 Å². The van der Waals surface area contributed by atoms with Gasteiger partial charge in [0.05, 0.1) is 24.9 Å². The molecule has 0 atom stereocenters. The highest BCUT2D eigenvalue weighted by Gasteiger charge is 2.21. The van der Waals surface area contributed by atoms with E-state index in [-0.39, 0.29) is 17.8 Å². The number of nitrogens with one attached hydrogen (secondary N) is 1. The van der Waals surface area contributed by atoms with Gasteiger partial charge in [-0.3, -0.25) is 14.6 Å². The van der Waals surface area contributed by atoms with E-state index >= 15 is 0 Å². The van der Waals surface area contributed by atoms with Crippen LogP contribution in [0, 0.1) is 5.82 Å². The van der Waals surface area contributed by atoms with Crippen LogP contribution in [0.25, 0.3) is 0 Å². The van der Waals surface area contributed by atoms with Crippen LogP contribution in [0.15, 0.2) is 35.1 Å². The molecule has 1 aromatic heterocycles. The molecule has 2 aromatic rings. The van der Waals surface area contributed by atoms with E-state index in [4.69, 9.17) is 0 Å². The zero-order valence-electron chi connectivity index (χ0n) is 13.9. The molecule has 1 aliphatic rings. The number of piperazine rings is 1. The summed E-state index contributed by atoms with van der Waals surface area (Å²) in [6.45, 7) is 2.37. The second-order valence-electron chi connectivity index (χ2n) is 5.74. The summed E-state index contributed by atoms with van der Waals surface area (Å²) in [4.78, 5) is 34.1. The van der Waals surface area contributed by atoms with Crippen molar-refractivity contribution in [1.82, 2.24) is 9.97 Å². The van der Waals surface area contributed by atoms with E-state index in [2.05, 4.69) is 14.7 Å². The number of esters is 1. The van der Waals surface area contributed by atoms with Gasteiger partial charge in [0.25, 0.3) is 5.56 Å². The molecule has 0 bridgehead atoms. The van der Waals surface area contributed by atoms with E-state index in [0.717, 1.165) is 0 Å². The SMILES string of the molecule is COC(=O)Cc1cc(=O)[nH]c(N2CCN(c3ccccc3F)CC2)n1. The minimum atomic E-state index is -0.451. The van der Waals surface area contributed by atoms with Gasteiger partial charge in [0.2, 0.25) is 5.95 Å². The van der Waals surface area contributed by atoms with Gasteiger partial charge in [-0.25, -0.2) is 9.37 Å². The topological polar surface area (TPSA) is 78.5 Å². The van der Waals surface area contributed by atoms with Gasteiger partial charge < -0.3 is 14.5 Å². The maximum atomic E-state index is 13.9. The molecule has 0 saturated carbocycles. The standard InChI is InChI=1S/C17H19FN4O3/c1-25-16(24)11-12-10-15(23)20-17(19-12)22-8-6-21(7-9-22)14-5-3-2-4-13(14)18/h2-5,10H,6-9,11H2,1H3,(H,19,20,23). The van der Waals surface area contributed by atoms with Crippen LogP contribution in [0.1, 0.15) is 5.69 Å². The summed E-state index contributed by atoms with van der Waals surface area (Å²) in [5.41, 5.74) is 0.616. The monoisotopic (exact) mass is 346 g/mol. The molecule has 25 heavy (non-hydrogen) atoms. The summed E-state index contributed by atoms with van der Waals surface area (Å²) in [6, 6.07) is 7.95. The number of hydrogen-bond acceptors (Lipinski definition) is 6. The van der Waals surface area contributed by atoms with E-state index in [1.165, 1.54) is 19.2 Å². The lowest BCUT2D eigenvalue weighted by Crippen LogP contribution is -2.47. The van der Waals surface area contributed by atoms with Gasteiger partial charge in [-0.2, -0.15) is 0 Å². The van der Waals surface area contributed by atoms with Crippen molar-refractivity contribution in [2.75, 3.05) is 43.1 Å². The molecule has 0 radical (unpaired) electrons. The second kappa shape index (κ2) is 7.33. The first-order valence-electron chi connectivity index (χ1n) is 7.98. The molecule has 1 saturated heterocycles. The third-order valence-electron chi connectivity index (χ3n) is 4.11. The summed E-state index contributed by atoms with van der Waals surface area (Å²) >= 11 is 0. The molecule has 0 unspecified atom stereocenters. The molecule has 7 nitrogen and oxygen atoms in total. The Balaban J connectivity index is 1.71. The first-order chi connectivity index (χ1) is 12.1. The van der Waals surface area contributed by atoms with Crippen LogP contribution in [-0.4, -0.2) is 49.2 Å². The molecule has 3 rings (SSSR count). The van der Waals surface area contributed by atoms with Crippen LogP contribution < -0.4 is 15.4 Å². The molecule has 2 heterocycles. The normalized spacial score (nSPS) is 14.5. The van der Waals surface area contributed by atoms with Crippen LogP contribution in [0.4, 0.5) is 16.0 Å². The van der Waals surface area contributed by atoms with Crippen molar-refractivity contribution in [2.24, 2.45) is 0 Å². The van der Waals surface area contributed by atoms with Gasteiger partial charge in [-0.15, -0.1) is 0 Å². The van der Waals surface area contributed by atoms with Gasteiger partial charge in [0, 0.05) is 32.2 Å². The fourth-order valence-electron chi connectivity index (χ4n) is 2.82. The lowest BCUT2D eigenvalue weighted by atomic mass is 10.2. The number of nitrogens with zero attached hydrogens (tertiary/aromatic N) is 3. The number of carbonyl (C=O) groups excluding carboxylic acids is 1. The number of methoxy groups -OCH3 is 1. The Morgan fingerprint density at radius 2 is 1.92 bits per heavy atom. The number of aromatic nitrogens is 2. The van der Waals surface area contributed by atoms with Gasteiger partial charge in [0.1, 0.15) is 5.82 Å². The summed E-state index contributed by atoms with van der Waals surface area (Å²) in [6.07, 6.45) is -0.0530. The molecule has 0 spiro atoms. The fraction of sp³-hybridized carbons (Fsp3) is 0.353. The van der Waals surface area contributed by atoms with E-state index in [1.807, 2.05) is 9.80 Å². The highest BCUT2D eigenvalue weighted by molar-refractivity contribution is 5.71. The lowest BCUT2D eigenvalue weighted by molar-refractivity contribution is -0.139. The van der Waals surface area contributed by atoms with Crippen LogP contribution in [0.2, 0.25) is 0 Å². The van der Waals surface area contributed by atoms with Crippen LogP contribution in [0.5, 0.6) is 0 Å². The minimum Gasteiger partial charge on any atom is -0.469 e. The number of hydrogen-bond donors (Lipinski definition) is 1. The Bertz CT molecular complexity index is 816. The number of carbonyl (C=O) groups is 1. The molecule has 8 heteroatoms. The van der Waals surface area contributed by atoms with Crippen molar-refractivity contribution < 1.29 is 13.9 Å². The van der Waals surface area contributed by atoms with Gasteiger partial charge >= 0.3 is 5.97 Å². The first kappa shape index (κ1) is 16.9. The Hall–Kier alpha value is -2.90. The number of anilines is 2. The molecule has 1 aliphatic heterocycles. The molecule has 1 N–H and O–H groups in total. The zero-order chi connectivity index (χ0) is 17.8. The molecule has 132 valence electrons. The summed E-state index contributed by atoms with van der Waals surface area (Å²) < 4.78 is 18.5. The molecule has 0 aliphatic carbocycles. The van der Waals surface area contributed by atoms with Gasteiger partial charge in [0.15, 0.2) is 0 Å². The maximum Gasteiger partial charge on any atom is 0.311 e. The zero-order valence-corrected chi connectivity index (χ0v) is 13.9. The number of halogens is 1. The quantitative estimate of drug-likeness (QED) is 0.831. The number of para-hydroxylation sites is 1. The number of ether oxygens (including phenoxy) is 1. The number of H-pyrrole nitrogens is 1. The highest BCUT2D eigenvalue weighted by atomic mass is 19.1. The molecule has 0 amide bonds. The lowest BCUT2D eigenvalue weighted by Gasteiger charge is -2.36. The molecule has 1 aromatic carbocycles. The average Bonchev–Trinajstić information content (AvgIpc) is 2.62. The number of rotatable bonds is 4. The largest absolute Gasteiger partial charge is 0.469 e. The van der Waals surface area contributed by atoms with E-state index in [9.17, 15) is 14.0 Å². The first-order valence-corrected chi connectivity index (χ1v) is 7.98. The van der Waals surface area contributed by atoms with E-state index in [1.54, 1.807) is 18.2 Å². The third-order valence-corrected chi connectivity index (χ3v) is 4.11. The Kier molecular flexibility index (Phi) is 4.97. The van der Waals surface area contributed by atoms with E-state index < -0.39 is 5.97 Å². The van der Waals surface area contributed by atoms with Crippen molar-refractivity contribution in [3.05, 3.63) is 52.2 Å². The Morgan fingerprint density at radius 3 is 2.60 bits per heavy atom. The molecule has 1 fully saturated rings. The van der Waals surface area contributed by atoms with Crippen molar-refractivity contribution in [1.29, 1.82) is 0 Å². The minimum absolute atomic E-state index is 0.0530. The van der Waals surface area contributed by atoms with Gasteiger partial charge in [-0.1, -0.05) is 12.1 Å². The molecular weight excluding hydrogens is 327 g/mol. The summed E-state index contributed by atoms with van der Waals surface area (Å²) in [5.74, 6) is -0.282. The summed E-state index contributed by atoms with van der Waals surface area (Å²) in [7, 11) is 1.29. The van der Waals surface area contributed by atoms with Crippen molar-refractivity contribution in [3.63, 3.8) is 0 Å². The Morgan fingerprint density at radius 1 is 1.24 bits per heavy atom. The fourth-order valence-corrected chi connectivity index (χ4v) is 2.82. The third kappa shape index (κ3) is 3.96. The molecular formula is C17H19FN4O3. The predicted molar refractivity (Wildman–Crippen MR) is 91.4 cm³/mol.